The average Bonchev–Trinajstić information content (AvgIpc) is 2.59. The zero-order chi connectivity index (χ0) is 10.8. The molecule has 0 unspecified atom stereocenters. The van der Waals surface area contributed by atoms with E-state index in [0.29, 0.717) is 10.9 Å². The SMILES string of the molecule is Cc1nn(-c2ccc(CCl)cc2)cc1Cl. The van der Waals surface area contributed by atoms with Crippen molar-refractivity contribution in [2.45, 2.75) is 12.8 Å². The van der Waals surface area contributed by atoms with Crippen LogP contribution in [0.5, 0.6) is 0 Å². The summed E-state index contributed by atoms with van der Waals surface area (Å²) in [6, 6.07) is 7.90. The van der Waals surface area contributed by atoms with E-state index in [2.05, 4.69) is 5.10 Å². The van der Waals surface area contributed by atoms with Crippen molar-refractivity contribution < 1.29 is 0 Å². The number of benzene rings is 1. The highest BCUT2D eigenvalue weighted by atomic mass is 35.5. The van der Waals surface area contributed by atoms with Crippen molar-refractivity contribution in [2.75, 3.05) is 0 Å². The summed E-state index contributed by atoms with van der Waals surface area (Å²) in [4.78, 5) is 0. The highest BCUT2D eigenvalue weighted by molar-refractivity contribution is 6.31. The molecular weight excluding hydrogens is 231 g/mol. The predicted octanol–water partition coefficient (Wildman–Crippen LogP) is 3.57. The molecule has 0 aliphatic heterocycles. The molecule has 0 saturated heterocycles. The van der Waals surface area contributed by atoms with Gasteiger partial charge in [0.25, 0.3) is 0 Å². The number of aromatic nitrogens is 2. The first-order chi connectivity index (χ1) is 7.20. The van der Waals surface area contributed by atoms with E-state index in [1.165, 1.54) is 0 Å². The molecule has 0 saturated carbocycles. The molecule has 0 radical (unpaired) electrons. The third kappa shape index (κ3) is 2.16. The Morgan fingerprint density at radius 2 is 1.93 bits per heavy atom. The van der Waals surface area contributed by atoms with Crippen LogP contribution in [0.2, 0.25) is 5.02 Å². The Kier molecular flexibility index (Phi) is 2.98. The van der Waals surface area contributed by atoms with E-state index in [-0.39, 0.29) is 0 Å². The molecule has 0 aliphatic rings. The van der Waals surface area contributed by atoms with Crippen LogP contribution < -0.4 is 0 Å². The van der Waals surface area contributed by atoms with Gasteiger partial charge in [0.1, 0.15) is 0 Å². The Balaban J connectivity index is 2.37. The summed E-state index contributed by atoms with van der Waals surface area (Å²) in [5, 5.41) is 4.96. The molecule has 0 fully saturated rings. The van der Waals surface area contributed by atoms with Gasteiger partial charge in [0.2, 0.25) is 0 Å². The molecule has 1 heterocycles. The van der Waals surface area contributed by atoms with Crippen molar-refractivity contribution in [1.29, 1.82) is 0 Å². The number of halogens is 2. The quantitative estimate of drug-likeness (QED) is 0.735. The number of nitrogens with zero attached hydrogens (tertiary/aromatic N) is 2. The first kappa shape index (κ1) is 10.5. The molecule has 0 atom stereocenters. The minimum Gasteiger partial charge on any atom is -0.239 e. The molecule has 78 valence electrons. The second kappa shape index (κ2) is 4.25. The van der Waals surface area contributed by atoms with Gasteiger partial charge in [-0.05, 0) is 24.6 Å². The number of aryl methyl sites for hydroxylation is 1. The number of alkyl halides is 1. The van der Waals surface area contributed by atoms with Crippen LogP contribution in [0.25, 0.3) is 5.69 Å². The van der Waals surface area contributed by atoms with E-state index in [1.807, 2.05) is 31.2 Å². The van der Waals surface area contributed by atoms with Gasteiger partial charge in [-0.3, -0.25) is 0 Å². The van der Waals surface area contributed by atoms with Gasteiger partial charge in [0.15, 0.2) is 0 Å². The van der Waals surface area contributed by atoms with Crippen molar-refractivity contribution in [3.05, 3.63) is 46.7 Å². The van der Waals surface area contributed by atoms with Crippen molar-refractivity contribution in [2.24, 2.45) is 0 Å². The summed E-state index contributed by atoms with van der Waals surface area (Å²) < 4.78 is 1.76. The predicted molar refractivity (Wildman–Crippen MR) is 62.9 cm³/mol. The monoisotopic (exact) mass is 240 g/mol. The topological polar surface area (TPSA) is 17.8 Å². The van der Waals surface area contributed by atoms with Crippen molar-refractivity contribution >= 4 is 23.2 Å². The number of rotatable bonds is 2. The van der Waals surface area contributed by atoms with Gasteiger partial charge in [-0.2, -0.15) is 5.10 Å². The Morgan fingerprint density at radius 1 is 1.27 bits per heavy atom. The van der Waals surface area contributed by atoms with E-state index < -0.39 is 0 Å². The second-order valence-electron chi connectivity index (χ2n) is 3.31. The molecule has 2 aromatic rings. The molecule has 0 aliphatic carbocycles. The minimum atomic E-state index is 0.527. The molecular formula is C11H10Cl2N2. The Bertz CT molecular complexity index is 440. The summed E-state index contributed by atoms with van der Waals surface area (Å²) in [6.45, 7) is 1.88. The fraction of sp³-hybridized carbons (Fsp3) is 0.182. The van der Waals surface area contributed by atoms with Crippen molar-refractivity contribution in [3.8, 4) is 5.69 Å². The Morgan fingerprint density at radius 3 is 2.40 bits per heavy atom. The van der Waals surface area contributed by atoms with Crippen LogP contribution in [0, 0.1) is 6.92 Å². The number of hydrogen-bond acceptors (Lipinski definition) is 1. The van der Waals surface area contributed by atoms with Gasteiger partial charge in [-0.25, -0.2) is 4.68 Å². The molecule has 2 rings (SSSR count). The molecule has 0 bridgehead atoms. The average molecular weight is 241 g/mol. The minimum absolute atomic E-state index is 0.527. The van der Waals surface area contributed by atoms with Crippen LogP contribution in [-0.2, 0) is 5.88 Å². The van der Waals surface area contributed by atoms with Crippen LogP contribution in [0.4, 0.5) is 0 Å². The highest BCUT2D eigenvalue weighted by Crippen LogP contribution is 2.17. The maximum Gasteiger partial charge on any atom is 0.0819 e. The summed E-state index contributed by atoms with van der Waals surface area (Å²) >= 11 is 11.6. The normalized spacial score (nSPS) is 10.6. The lowest BCUT2D eigenvalue weighted by molar-refractivity contribution is 0.862. The van der Waals surface area contributed by atoms with Crippen LogP contribution in [0.1, 0.15) is 11.3 Å². The molecule has 1 aromatic heterocycles. The maximum absolute atomic E-state index is 5.93. The van der Waals surface area contributed by atoms with Gasteiger partial charge >= 0.3 is 0 Å². The zero-order valence-corrected chi connectivity index (χ0v) is 9.76. The van der Waals surface area contributed by atoms with Crippen molar-refractivity contribution in [1.82, 2.24) is 9.78 Å². The van der Waals surface area contributed by atoms with Gasteiger partial charge < -0.3 is 0 Å². The van der Waals surface area contributed by atoms with Crippen LogP contribution in [0.15, 0.2) is 30.5 Å². The molecule has 0 N–H and O–H groups in total. The number of hydrogen-bond donors (Lipinski definition) is 0. The van der Waals surface area contributed by atoms with Gasteiger partial charge in [-0.15, -0.1) is 11.6 Å². The van der Waals surface area contributed by atoms with Crippen LogP contribution in [0.3, 0.4) is 0 Å². The van der Waals surface area contributed by atoms with E-state index in [0.717, 1.165) is 16.9 Å². The third-order valence-electron chi connectivity index (χ3n) is 2.19. The highest BCUT2D eigenvalue weighted by Gasteiger charge is 2.03. The fourth-order valence-corrected chi connectivity index (χ4v) is 1.62. The first-order valence-electron chi connectivity index (χ1n) is 4.58. The first-order valence-corrected chi connectivity index (χ1v) is 5.49. The summed E-state index contributed by atoms with van der Waals surface area (Å²) in [6.07, 6.45) is 1.80. The van der Waals surface area contributed by atoms with Crippen LogP contribution >= 0.6 is 23.2 Å². The summed E-state index contributed by atoms with van der Waals surface area (Å²) in [5.74, 6) is 0.527. The van der Waals surface area contributed by atoms with Gasteiger partial charge in [-0.1, -0.05) is 23.7 Å². The van der Waals surface area contributed by atoms with Gasteiger partial charge in [0.05, 0.1) is 16.4 Å². The largest absolute Gasteiger partial charge is 0.239 e. The van der Waals surface area contributed by atoms with Crippen molar-refractivity contribution in [3.63, 3.8) is 0 Å². The maximum atomic E-state index is 5.93. The van der Waals surface area contributed by atoms with E-state index in [9.17, 15) is 0 Å². The molecule has 15 heavy (non-hydrogen) atoms. The van der Waals surface area contributed by atoms with E-state index in [1.54, 1.807) is 10.9 Å². The standard InChI is InChI=1S/C11H10Cl2N2/c1-8-11(13)7-15(14-8)10-4-2-9(6-12)3-5-10/h2-5,7H,6H2,1H3. The third-order valence-corrected chi connectivity index (χ3v) is 2.87. The smallest absolute Gasteiger partial charge is 0.0819 e. The fourth-order valence-electron chi connectivity index (χ4n) is 1.31. The zero-order valence-electron chi connectivity index (χ0n) is 8.24. The Labute approximate surface area is 98.4 Å². The molecule has 4 heteroatoms. The second-order valence-corrected chi connectivity index (χ2v) is 3.98. The lowest BCUT2D eigenvalue weighted by atomic mass is 10.2. The lowest BCUT2D eigenvalue weighted by Gasteiger charge is -2.01. The lowest BCUT2D eigenvalue weighted by Crippen LogP contribution is -1.94. The molecule has 1 aromatic carbocycles. The molecule has 0 spiro atoms. The van der Waals surface area contributed by atoms with Crippen LogP contribution in [-0.4, -0.2) is 9.78 Å². The summed E-state index contributed by atoms with van der Waals surface area (Å²) in [5.41, 5.74) is 2.91. The molecule has 2 nitrogen and oxygen atoms in total. The van der Waals surface area contributed by atoms with E-state index >= 15 is 0 Å². The van der Waals surface area contributed by atoms with Gasteiger partial charge in [0, 0.05) is 12.1 Å². The molecule has 0 amide bonds. The Hall–Kier alpha value is -0.990. The summed E-state index contributed by atoms with van der Waals surface area (Å²) in [7, 11) is 0. The van der Waals surface area contributed by atoms with E-state index in [4.69, 9.17) is 23.2 Å².